The SMILES string of the molecule is Cc1nn(CC(C)C)c(C)c1CC(=O)N(C)Cc1cccc(C#N)c1. The molecule has 0 aliphatic heterocycles. The Balaban J connectivity index is 2.08. The van der Waals surface area contributed by atoms with E-state index in [1.54, 1.807) is 18.0 Å². The number of hydrogen-bond donors (Lipinski definition) is 0. The summed E-state index contributed by atoms with van der Waals surface area (Å²) in [6.07, 6.45) is 0.351. The standard InChI is InChI=1S/C20H26N4O/c1-14(2)12-24-16(4)19(15(3)22-24)10-20(25)23(5)13-18-8-6-7-17(9-18)11-21/h6-9,14H,10,12-13H2,1-5H3. The molecule has 1 amide bonds. The van der Waals surface area contributed by atoms with Crippen molar-refractivity contribution in [1.29, 1.82) is 5.26 Å². The molecule has 0 bridgehead atoms. The molecule has 1 aromatic heterocycles. The highest BCUT2D eigenvalue weighted by Crippen LogP contribution is 2.17. The van der Waals surface area contributed by atoms with Crippen molar-refractivity contribution in [2.24, 2.45) is 5.92 Å². The van der Waals surface area contributed by atoms with Crippen LogP contribution < -0.4 is 0 Å². The second-order valence-electron chi connectivity index (χ2n) is 6.96. The summed E-state index contributed by atoms with van der Waals surface area (Å²) in [5.74, 6) is 0.564. The van der Waals surface area contributed by atoms with E-state index in [1.165, 1.54) is 0 Å². The molecule has 1 heterocycles. The smallest absolute Gasteiger partial charge is 0.227 e. The lowest BCUT2D eigenvalue weighted by atomic mass is 10.1. The average molecular weight is 338 g/mol. The van der Waals surface area contributed by atoms with Crippen LogP contribution in [0.2, 0.25) is 0 Å². The fourth-order valence-electron chi connectivity index (χ4n) is 2.90. The molecule has 0 saturated carbocycles. The van der Waals surface area contributed by atoms with Gasteiger partial charge in [0.25, 0.3) is 0 Å². The number of rotatable bonds is 6. The zero-order valence-electron chi connectivity index (χ0n) is 15.7. The van der Waals surface area contributed by atoms with Crippen molar-refractivity contribution < 1.29 is 4.79 Å². The summed E-state index contributed by atoms with van der Waals surface area (Å²) in [5, 5.41) is 13.6. The van der Waals surface area contributed by atoms with Gasteiger partial charge < -0.3 is 4.90 Å². The molecule has 0 spiro atoms. The lowest BCUT2D eigenvalue weighted by Gasteiger charge is -2.17. The number of nitrogens with zero attached hydrogens (tertiary/aromatic N) is 4. The van der Waals surface area contributed by atoms with Gasteiger partial charge in [-0.15, -0.1) is 0 Å². The number of aromatic nitrogens is 2. The summed E-state index contributed by atoms with van der Waals surface area (Å²) >= 11 is 0. The first-order valence-electron chi connectivity index (χ1n) is 8.57. The molecule has 1 aromatic carbocycles. The number of carbonyl (C=O) groups is 1. The molecule has 5 heteroatoms. The van der Waals surface area contributed by atoms with Gasteiger partial charge in [0.15, 0.2) is 0 Å². The van der Waals surface area contributed by atoms with Gasteiger partial charge in [0.1, 0.15) is 0 Å². The maximum Gasteiger partial charge on any atom is 0.227 e. The van der Waals surface area contributed by atoms with E-state index >= 15 is 0 Å². The first-order chi connectivity index (χ1) is 11.8. The van der Waals surface area contributed by atoms with E-state index in [-0.39, 0.29) is 5.91 Å². The molecular formula is C20H26N4O. The number of aryl methyl sites for hydroxylation is 1. The van der Waals surface area contributed by atoms with Gasteiger partial charge in [-0.3, -0.25) is 9.48 Å². The van der Waals surface area contributed by atoms with Crippen LogP contribution in [0.15, 0.2) is 24.3 Å². The minimum Gasteiger partial charge on any atom is -0.341 e. The minimum atomic E-state index is 0.0534. The van der Waals surface area contributed by atoms with Gasteiger partial charge in [-0.05, 0) is 37.5 Å². The van der Waals surface area contributed by atoms with Gasteiger partial charge in [0, 0.05) is 31.4 Å². The van der Waals surface area contributed by atoms with E-state index < -0.39 is 0 Å². The van der Waals surface area contributed by atoms with Gasteiger partial charge in [-0.1, -0.05) is 26.0 Å². The molecule has 132 valence electrons. The second kappa shape index (κ2) is 7.98. The third kappa shape index (κ3) is 4.69. The summed E-state index contributed by atoms with van der Waals surface area (Å²) in [6, 6.07) is 9.49. The lowest BCUT2D eigenvalue weighted by molar-refractivity contribution is -0.129. The second-order valence-corrected chi connectivity index (χ2v) is 6.96. The molecule has 25 heavy (non-hydrogen) atoms. The molecule has 0 aliphatic carbocycles. The van der Waals surface area contributed by atoms with Crippen LogP contribution in [0, 0.1) is 31.1 Å². The summed E-state index contributed by atoms with van der Waals surface area (Å²) < 4.78 is 2.00. The summed E-state index contributed by atoms with van der Waals surface area (Å²) in [6.45, 7) is 9.66. The van der Waals surface area contributed by atoms with E-state index in [9.17, 15) is 4.79 Å². The van der Waals surface area contributed by atoms with Crippen LogP contribution in [0.5, 0.6) is 0 Å². The van der Waals surface area contributed by atoms with E-state index in [1.807, 2.05) is 36.7 Å². The Morgan fingerprint density at radius 2 is 2.08 bits per heavy atom. The van der Waals surface area contributed by atoms with Crippen molar-refractivity contribution in [3.05, 3.63) is 52.3 Å². The Labute approximate surface area is 149 Å². The zero-order valence-corrected chi connectivity index (χ0v) is 15.7. The van der Waals surface area contributed by atoms with Crippen molar-refractivity contribution in [3.8, 4) is 6.07 Å². The summed E-state index contributed by atoms with van der Waals surface area (Å²) in [7, 11) is 1.80. The third-order valence-corrected chi connectivity index (χ3v) is 4.30. The highest BCUT2D eigenvalue weighted by atomic mass is 16.2. The first-order valence-corrected chi connectivity index (χ1v) is 8.57. The first kappa shape index (κ1) is 18.7. The van der Waals surface area contributed by atoms with Gasteiger partial charge in [-0.2, -0.15) is 10.4 Å². The fraction of sp³-hybridized carbons (Fsp3) is 0.450. The van der Waals surface area contributed by atoms with E-state index in [4.69, 9.17) is 5.26 Å². The third-order valence-electron chi connectivity index (χ3n) is 4.30. The molecular weight excluding hydrogens is 312 g/mol. The molecule has 2 rings (SSSR count). The van der Waals surface area contributed by atoms with Crippen LogP contribution in [-0.2, 0) is 24.3 Å². The highest BCUT2D eigenvalue weighted by Gasteiger charge is 2.18. The number of benzene rings is 1. The van der Waals surface area contributed by atoms with Crippen molar-refractivity contribution >= 4 is 5.91 Å². The van der Waals surface area contributed by atoms with Crippen molar-refractivity contribution in [2.45, 2.75) is 47.2 Å². The average Bonchev–Trinajstić information content (AvgIpc) is 2.81. The van der Waals surface area contributed by atoms with E-state index in [0.717, 1.165) is 29.1 Å². The maximum absolute atomic E-state index is 12.6. The van der Waals surface area contributed by atoms with Gasteiger partial charge in [-0.25, -0.2) is 0 Å². The number of likely N-dealkylation sites (N-methyl/N-ethyl adjacent to an activating group) is 1. The predicted molar refractivity (Wildman–Crippen MR) is 97.9 cm³/mol. The molecule has 0 aliphatic rings. The Morgan fingerprint density at radius 1 is 1.36 bits per heavy atom. The zero-order chi connectivity index (χ0) is 18.6. The Morgan fingerprint density at radius 3 is 2.72 bits per heavy atom. The summed E-state index contributed by atoms with van der Waals surface area (Å²) in [4.78, 5) is 14.3. The normalized spacial score (nSPS) is 10.8. The number of nitriles is 1. The monoisotopic (exact) mass is 338 g/mol. The molecule has 0 radical (unpaired) electrons. The molecule has 0 fully saturated rings. The number of hydrogen-bond acceptors (Lipinski definition) is 3. The molecule has 0 unspecified atom stereocenters. The quantitative estimate of drug-likeness (QED) is 0.812. The fourth-order valence-corrected chi connectivity index (χ4v) is 2.90. The van der Waals surface area contributed by atoms with Crippen LogP contribution in [0.25, 0.3) is 0 Å². The number of carbonyl (C=O) groups excluding carboxylic acids is 1. The van der Waals surface area contributed by atoms with Gasteiger partial charge >= 0.3 is 0 Å². The molecule has 0 atom stereocenters. The van der Waals surface area contributed by atoms with Gasteiger partial charge in [0.2, 0.25) is 5.91 Å². The Bertz CT molecular complexity index is 799. The van der Waals surface area contributed by atoms with Crippen molar-refractivity contribution in [1.82, 2.24) is 14.7 Å². The maximum atomic E-state index is 12.6. The molecule has 0 N–H and O–H groups in total. The van der Waals surface area contributed by atoms with E-state index in [2.05, 4.69) is 25.0 Å². The van der Waals surface area contributed by atoms with E-state index in [0.29, 0.717) is 24.4 Å². The van der Waals surface area contributed by atoms with Crippen molar-refractivity contribution in [2.75, 3.05) is 7.05 Å². The highest BCUT2D eigenvalue weighted by molar-refractivity contribution is 5.79. The van der Waals surface area contributed by atoms with Crippen LogP contribution in [0.1, 0.15) is 41.9 Å². The largest absolute Gasteiger partial charge is 0.341 e. The lowest BCUT2D eigenvalue weighted by Crippen LogP contribution is -2.28. The van der Waals surface area contributed by atoms with Crippen molar-refractivity contribution in [3.63, 3.8) is 0 Å². The van der Waals surface area contributed by atoms with Crippen LogP contribution in [0.4, 0.5) is 0 Å². The molecule has 0 saturated heterocycles. The minimum absolute atomic E-state index is 0.0534. The topological polar surface area (TPSA) is 61.9 Å². The molecule has 2 aromatic rings. The van der Waals surface area contributed by atoms with Crippen LogP contribution >= 0.6 is 0 Å². The number of amides is 1. The predicted octanol–water partition coefficient (Wildman–Crippen LogP) is 3.23. The van der Waals surface area contributed by atoms with Crippen LogP contribution in [-0.4, -0.2) is 27.6 Å². The molecule has 5 nitrogen and oxygen atoms in total. The summed E-state index contributed by atoms with van der Waals surface area (Å²) in [5.41, 5.74) is 4.58. The Kier molecular flexibility index (Phi) is 5.97. The van der Waals surface area contributed by atoms with Crippen LogP contribution in [0.3, 0.4) is 0 Å². The van der Waals surface area contributed by atoms with Gasteiger partial charge in [0.05, 0.1) is 23.7 Å². The Hall–Kier alpha value is -2.61.